The van der Waals surface area contributed by atoms with Gasteiger partial charge >= 0.3 is 0 Å². The molecule has 0 N–H and O–H groups in total. The average Bonchev–Trinajstić information content (AvgIpc) is 2.25. The molecule has 1 aliphatic rings. The van der Waals surface area contributed by atoms with E-state index in [-0.39, 0.29) is 5.41 Å². The molecule has 0 unspecified atom stereocenters. The Bertz CT molecular complexity index is 304. The van der Waals surface area contributed by atoms with Crippen molar-refractivity contribution in [3.05, 3.63) is 23.9 Å². The SMILES string of the molecule is CN1CC(C)(C)c2cccnc21. The Kier molecular flexibility index (Phi) is 1.40. The fourth-order valence-corrected chi connectivity index (χ4v) is 1.98. The number of fused-ring (bicyclic) bond motifs is 1. The Balaban J connectivity index is 2.58. The minimum atomic E-state index is 0.262. The van der Waals surface area contributed by atoms with Crippen molar-refractivity contribution >= 4 is 5.82 Å². The van der Waals surface area contributed by atoms with E-state index in [4.69, 9.17) is 0 Å². The molecule has 0 saturated carbocycles. The van der Waals surface area contributed by atoms with E-state index in [0.29, 0.717) is 0 Å². The fraction of sp³-hybridized carbons (Fsp3) is 0.500. The average molecular weight is 162 g/mol. The number of nitrogens with zero attached hydrogens (tertiary/aromatic N) is 2. The molecule has 1 aliphatic heterocycles. The van der Waals surface area contributed by atoms with Gasteiger partial charge in [0.25, 0.3) is 0 Å². The molecule has 0 atom stereocenters. The van der Waals surface area contributed by atoms with Gasteiger partial charge in [0.1, 0.15) is 5.82 Å². The van der Waals surface area contributed by atoms with Crippen LogP contribution in [0.2, 0.25) is 0 Å². The number of hydrogen-bond donors (Lipinski definition) is 0. The Morgan fingerprint density at radius 1 is 1.50 bits per heavy atom. The summed E-state index contributed by atoms with van der Waals surface area (Å²) in [6.45, 7) is 5.59. The molecule has 0 spiro atoms. The van der Waals surface area contributed by atoms with Gasteiger partial charge in [-0.05, 0) is 6.07 Å². The normalized spacial score (nSPS) is 19.4. The van der Waals surface area contributed by atoms with Crippen LogP contribution in [0.3, 0.4) is 0 Å². The molecule has 0 saturated heterocycles. The minimum absolute atomic E-state index is 0.262. The molecule has 12 heavy (non-hydrogen) atoms. The van der Waals surface area contributed by atoms with Gasteiger partial charge in [-0.3, -0.25) is 0 Å². The van der Waals surface area contributed by atoms with Gasteiger partial charge in [-0.25, -0.2) is 4.98 Å². The standard InChI is InChI=1S/C10H14N2/c1-10(2)7-12(3)9-8(10)5-4-6-11-9/h4-6H,7H2,1-3H3. The van der Waals surface area contributed by atoms with Crippen LogP contribution < -0.4 is 4.90 Å². The number of anilines is 1. The molecule has 2 nitrogen and oxygen atoms in total. The lowest BCUT2D eigenvalue weighted by atomic mass is 9.88. The summed E-state index contributed by atoms with van der Waals surface area (Å²) >= 11 is 0. The highest BCUT2D eigenvalue weighted by molar-refractivity contribution is 5.55. The maximum absolute atomic E-state index is 4.36. The van der Waals surface area contributed by atoms with E-state index in [9.17, 15) is 0 Å². The van der Waals surface area contributed by atoms with Gasteiger partial charge in [0.2, 0.25) is 0 Å². The maximum atomic E-state index is 4.36. The van der Waals surface area contributed by atoms with Crippen molar-refractivity contribution in [1.29, 1.82) is 0 Å². The van der Waals surface area contributed by atoms with Gasteiger partial charge in [0.05, 0.1) is 0 Å². The molecular formula is C10H14N2. The first-order valence-electron chi connectivity index (χ1n) is 4.28. The third-order valence-corrected chi connectivity index (χ3v) is 2.51. The van der Waals surface area contributed by atoms with Crippen molar-refractivity contribution in [2.75, 3.05) is 18.5 Å². The van der Waals surface area contributed by atoms with Crippen LogP contribution in [0.4, 0.5) is 5.82 Å². The topological polar surface area (TPSA) is 16.1 Å². The van der Waals surface area contributed by atoms with E-state index < -0.39 is 0 Å². The van der Waals surface area contributed by atoms with Crippen molar-refractivity contribution in [3.63, 3.8) is 0 Å². The summed E-state index contributed by atoms with van der Waals surface area (Å²) in [5, 5.41) is 0. The van der Waals surface area contributed by atoms with E-state index in [1.807, 2.05) is 12.3 Å². The second-order valence-corrected chi connectivity index (χ2v) is 4.11. The molecule has 2 rings (SSSR count). The lowest BCUT2D eigenvalue weighted by Gasteiger charge is -2.17. The first-order chi connectivity index (χ1) is 5.61. The third-order valence-electron chi connectivity index (χ3n) is 2.51. The van der Waals surface area contributed by atoms with E-state index >= 15 is 0 Å². The lowest BCUT2D eigenvalue weighted by Crippen LogP contribution is -2.25. The van der Waals surface area contributed by atoms with Crippen LogP contribution in [0.1, 0.15) is 19.4 Å². The second kappa shape index (κ2) is 2.22. The van der Waals surface area contributed by atoms with E-state index in [2.05, 4.69) is 36.8 Å². The Hall–Kier alpha value is -1.05. The van der Waals surface area contributed by atoms with Crippen LogP contribution in [0, 0.1) is 0 Å². The van der Waals surface area contributed by atoms with Crippen molar-refractivity contribution < 1.29 is 0 Å². The molecule has 2 heterocycles. The summed E-state index contributed by atoms with van der Waals surface area (Å²) in [6, 6.07) is 4.19. The highest BCUT2D eigenvalue weighted by Gasteiger charge is 2.33. The third kappa shape index (κ3) is 0.909. The van der Waals surface area contributed by atoms with Crippen LogP contribution in [0.5, 0.6) is 0 Å². The zero-order valence-corrected chi connectivity index (χ0v) is 7.83. The van der Waals surface area contributed by atoms with Gasteiger partial charge < -0.3 is 4.90 Å². The molecule has 0 fully saturated rings. The number of hydrogen-bond acceptors (Lipinski definition) is 2. The predicted molar refractivity (Wildman–Crippen MR) is 50.5 cm³/mol. The molecular weight excluding hydrogens is 148 g/mol. The zero-order chi connectivity index (χ0) is 8.77. The maximum Gasteiger partial charge on any atom is 0.132 e. The number of aromatic nitrogens is 1. The van der Waals surface area contributed by atoms with Crippen LogP contribution in [0.15, 0.2) is 18.3 Å². The quantitative estimate of drug-likeness (QED) is 0.578. The molecule has 1 aromatic rings. The molecule has 0 bridgehead atoms. The summed E-state index contributed by atoms with van der Waals surface area (Å²) in [4.78, 5) is 6.58. The van der Waals surface area contributed by atoms with Gasteiger partial charge in [-0.15, -0.1) is 0 Å². The fourth-order valence-electron chi connectivity index (χ4n) is 1.98. The van der Waals surface area contributed by atoms with Crippen LogP contribution in [-0.4, -0.2) is 18.6 Å². The number of likely N-dealkylation sites (N-methyl/N-ethyl adjacent to an activating group) is 1. The highest BCUT2D eigenvalue weighted by Crippen LogP contribution is 2.37. The molecule has 64 valence electrons. The summed E-state index contributed by atoms with van der Waals surface area (Å²) in [7, 11) is 2.10. The second-order valence-electron chi connectivity index (χ2n) is 4.11. The molecule has 2 heteroatoms. The molecule has 0 aliphatic carbocycles. The largest absolute Gasteiger partial charge is 0.359 e. The first-order valence-corrected chi connectivity index (χ1v) is 4.28. The van der Waals surface area contributed by atoms with Gasteiger partial charge in [-0.2, -0.15) is 0 Å². The van der Waals surface area contributed by atoms with Crippen LogP contribution in [0.25, 0.3) is 0 Å². The summed E-state index contributed by atoms with van der Waals surface area (Å²) in [6.07, 6.45) is 1.86. The number of pyridine rings is 1. The van der Waals surface area contributed by atoms with E-state index in [1.165, 1.54) is 5.56 Å². The van der Waals surface area contributed by atoms with Crippen molar-refractivity contribution in [2.45, 2.75) is 19.3 Å². The lowest BCUT2D eigenvalue weighted by molar-refractivity contribution is 0.563. The molecule has 0 amide bonds. The summed E-state index contributed by atoms with van der Waals surface area (Å²) in [5.74, 6) is 1.14. The Morgan fingerprint density at radius 3 is 2.92 bits per heavy atom. The predicted octanol–water partition coefficient (Wildman–Crippen LogP) is 1.81. The van der Waals surface area contributed by atoms with Crippen molar-refractivity contribution in [3.8, 4) is 0 Å². The van der Waals surface area contributed by atoms with Crippen molar-refractivity contribution in [1.82, 2.24) is 4.98 Å². The van der Waals surface area contributed by atoms with Crippen LogP contribution >= 0.6 is 0 Å². The van der Waals surface area contributed by atoms with E-state index in [1.54, 1.807) is 0 Å². The van der Waals surface area contributed by atoms with Gasteiger partial charge in [-0.1, -0.05) is 19.9 Å². The molecule has 0 aromatic carbocycles. The highest BCUT2D eigenvalue weighted by atomic mass is 15.2. The monoisotopic (exact) mass is 162 g/mol. The minimum Gasteiger partial charge on any atom is -0.359 e. The van der Waals surface area contributed by atoms with Gasteiger partial charge in [0, 0.05) is 30.8 Å². The zero-order valence-electron chi connectivity index (χ0n) is 7.83. The summed E-state index contributed by atoms with van der Waals surface area (Å²) in [5.41, 5.74) is 1.63. The van der Waals surface area contributed by atoms with E-state index in [0.717, 1.165) is 12.4 Å². The van der Waals surface area contributed by atoms with Crippen LogP contribution in [-0.2, 0) is 5.41 Å². The Labute approximate surface area is 73.2 Å². The summed E-state index contributed by atoms with van der Waals surface area (Å²) < 4.78 is 0. The first kappa shape index (κ1) is 7.59. The van der Waals surface area contributed by atoms with Gasteiger partial charge in [0.15, 0.2) is 0 Å². The van der Waals surface area contributed by atoms with Crippen molar-refractivity contribution in [2.24, 2.45) is 0 Å². The number of rotatable bonds is 0. The Morgan fingerprint density at radius 2 is 2.25 bits per heavy atom. The smallest absolute Gasteiger partial charge is 0.132 e. The molecule has 1 aromatic heterocycles. The molecule has 0 radical (unpaired) electrons.